The number of rotatable bonds is 4. The molecule has 0 atom stereocenters. The second kappa shape index (κ2) is 7.24. The van der Waals surface area contributed by atoms with Gasteiger partial charge in [0.2, 0.25) is 0 Å². The van der Waals surface area contributed by atoms with Crippen LogP contribution in [0.4, 0.5) is 4.39 Å². The second-order valence-corrected chi connectivity index (χ2v) is 6.70. The van der Waals surface area contributed by atoms with Crippen LogP contribution in [0.5, 0.6) is 0 Å². The van der Waals surface area contributed by atoms with Crippen molar-refractivity contribution in [3.05, 3.63) is 29.4 Å². The first-order chi connectivity index (χ1) is 9.84. The maximum Gasteiger partial charge on any atom is 0.257 e. The summed E-state index contributed by atoms with van der Waals surface area (Å²) in [4.78, 5) is 14.4. The Balaban J connectivity index is 0.00000242. The van der Waals surface area contributed by atoms with E-state index >= 15 is 0 Å². The highest BCUT2D eigenvalue weighted by molar-refractivity contribution is 5.96. The molecule has 0 radical (unpaired) electrons. The topological polar surface area (TPSA) is 64.2 Å². The van der Waals surface area contributed by atoms with Gasteiger partial charge in [0.05, 0.1) is 24.1 Å². The molecule has 22 heavy (non-hydrogen) atoms. The number of halogens is 2. The number of carbonyl (C=O) groups excluding carboxylic acids is 1. The molecule has 0 saturated heterocycles. The van der Waals surface area contributed by atoms with Gasteiger partial charge in [-0.2, -0.15) is 5.10 Å². The second-order valence-electron chi connectivity index (χ2n) is 6.70. The van der Waals surface area contributed by atoms with Crippen LogP contribution in [0.15, 0.2) is 18.1 Å². The highest BCUT2D eigenvalue weighted by Gasteiger charge is 2.29. The molecule has 124 valence electrons. The van der Waals surface area contributed by atoms with Crippen LogP contribution in [0.3, 0.4) is 0 Å². The summed E-state index contributed by atoms with van der Waals surface area (Å²) in [5.41, 5.74) is 7.38. The van der Waals surface area contributed by atoms with Crippen LogP contribution in [-0.2, 0) is 13.0 Å². The van der Waals surface area contributed by atoms with Crippen molar-refractivity contribution >= 4 is 18.3 Å². The number of fused-ring (bicyclic) bond motifs is 1. The highest BCUT2D eigenvalue weighted by Crippen LogP contribution is 2.22. The van der Waals surface area contributed by atoms with Crippen molar-refractivity contribution in [1.82, 2.24) is 14.7 Å². The first-order valence-corrected chi connectivity index (χ1v) is 7.18. The molecule has 1 aliphatic rings. The lowest BCUT2D eigenvalue weighted by molar-refractivity contribution is 0.0677. The Morgan fingerprint density at radius 2 is 2.18 bits per heavy atom. The van der Waals surface area contributed by atoms with E-state index in [9.17, 15) is 9.18 Å². The first kappa shape index (κ1) is 18.6. The average Bonchev–Trinajstić information content (AvgIpc) is 2.81. The van der Waals surface area contributed by atoms with Crippen LogP contribution in [-0.4, -0.2) is 40.2 Å². The molecule has 2 heterocycles. The molecule has 1 aromatic heterocycles. The van der Waals surface area contributed by atoms with Gasteiger partial charge in [-0.15, -0.1) is 12.4 Å². The molecule has 0 spiro atoms. The van der Waals surface area contributed by atoms with Crippen LogP contribution in [0.1, 0.15) is 36.8 Å². The largest absolute Gasteiger partial charge is 0.338 e. The normalized spacial score (nSPS) is 15.6. The number of amides is 1. The van der Waals surface area contributed by atoms with Crippen LogP contribution < -0.4 is 5.73 Å². The number of nitrogens with two attached hydrogens (primary N) is 1. The van der Waals surface area contributed by atoms with Crippen LogP contribution in [0, 0.1) is 5.41 Å². The monoisotopic (exact) mass is 330 g/mol. The van der Waals surface area contributed by atoms with Gasteiger partial charge >= 0.3 is 0 Å². The van der Waals surface area contributed by atoms with Crippen LogP contribution in [0.2, 0.25) is 0 Å². The van der Waals surface area contributed by atoms with Gasteiger partial charge in [-0.25, -0.2) is 4.39 Å². The van der Waals surface area contributed by atoms with E-state index < -0.39 is 0 Å². The molecule has 0 aliphatic carbocycles. The van der Waals surface area contributed by atoms with Crippen molar-refractivity contribution in [2.24, 2.45) is 11.1 Å². The van der Waals surface area contributed by atoms with E-state index in [2.05, 4.69) is 25.9 Å². The summed E-state index contributed by atoms with van der Waals surface area (Å²) in [6.45, 7) is 8.16. The summed E-state index contributed by atoms with van der Waals surface area (Å²) in [5, 5.41) is 4.37. The third-order valence-corrected chi connectivity index (χ3v) is 3.42. The molecule has 0 bridgehead atoms. The van der Waals surface area contributed by atoms with Crippen LogP contribution >= 0.6 is 12.4 Å². The molecule has 7 heteroatoms. The lowest BCUT2D eigenvalue weighted by Gasteiger charge is -2.32. The molecule has 0 fully saturated rings. The van der Waals surface area contributed by atoms with Crippen molar-refractivity contribution in [3.63, 3.8) is 0 Å². The summed E-state index contributed by atoms with van der Waals surface area (Å²) in [6, 6.07) is 0. The molecular weight excluding hydrogens is 307 g/mol. The minimum Gasteiger partial charge on any atom is -0.338 e. The average molecular weight is 331 g/mol. The molecule has 0 saturated carbocycles. The Kier molecular flexibility index (Phi) is 6.14. The van der Waals surface area contributed by atoms with E-state index in [4.69, 9.17) is 5.73 Å². The van der Waals surface area contributed by atoms with Gasteiger partial charge in [-0.05, 0) is 11.0 Å². The maximum atomic E-state index is 12.6. The lowest BCUT2D eigenvalue weighted by Crippen LogP contribution is -2.42. The van der Waals surface area contributed by atoms with Crippen LogP contribution in [0.25, 0.3) is 0 Å². The zero-order valence-corrected chi connectivity index (χ0v) is 14.1. The fraction of sp³-hybridized carbons (Fsp3) is 0.600. The van der Waals surface area contributed by atoms with E-state index in [-0.39, 0.29) is 36.8 Å². The van der Waals surface area contributed by atoms with Crippen molar-refractivity contribution in [1.29, 1.82) is 0 Å². The predicted octanol–water partition coefficient (Wildman–Crippen LogP) is 2.16. The quantitative estimate of drug-likeness (QED) is 0.920. The molecule has 2 rings (SSSR count). The Labute approximate surface area is 136 Å². The molecule has 5 nitrogen and oxygen atoms in total. The zero-order chi connectivity index (χ0) is 15.6. The predicted molar refractivity (Wildman–Crippen MR) is 86.8 cm³/mol. The van der Waals surface area contributed by atoms with Gasteiger partial charge in [0, 0.05) is 32.3 Å². The standard InChI is InChI=1S/C15H23FN4O.ClH/c1-15(2,3)10-19-5-4-13-12(14(19)21)9-20(18-13)8-11(6-16)7-17;/h6,9H,4-5,7-8,10,17H2,1-3H3;1H/b11-6+;. The van der Waals surface area contributed by atoms with E-state index in [1.165, 1.54) is 0 Å². The highest BCUT2D eigenvalue weighted by atomic mass is 35.5. The third kappa shape index (κ3) is 4.30. The van der Waals surface area contributed by atoms with E-state index in [1.54, 1.807) is 10.9 Å². The van der Waals surface area contributed by atoms with Crippen molar-refractivity contribution in [2.75, 3.05) is 19.6 Å². The Bertz CT molecular complexity index is 562. The zero-order valence-electron chi connectivity index (χ0n) is 13.3. The van der Waals surface area contributed by atoms with E-state index in [1.807, 2.05) is 4.90 Å². The van der Waals surface area contributed by atoms with Gasteiger partial charge in [-0.1, -0.05) is 20.8 Å². The van der Waals surface area contributed by atoms with Gasteiger partial charge in [0.25, 0.3) is 5.91 Å². The van der Waals surface area contributed by atoms with E-state index in [0.717, 1.165) is 18.7 Å². The smallest absolute Gasteiger partial charge is 0.257 e. The number of carbonyl (C=O) groups is 1. The Hall–Kier alpha value is -1.40. The fourth-order valence-corrected chi connectivity index (χ4v) is 2.49. The molecule has 0 aromatic carbocycles. The van der Waals surface area contributed by atoms with Gasteiger partial charge in [0.15, 0.2) is 0 Å². The fourth-order valence-electron chi connectivity index (χ4n) is 2.49. The Morgan fingerprint density at radius 1 is 1.50 bits per heavy atom. The molecular formula is C15H24ClFN4O. The summed E-state index contributed by atoms with van der Waals surface area (Å²) in [5.74, 6) is 0.0101. The summed E-state index contributed by atoms with van der Waals surface area (Å²) < 4.78 is 14.2. The molecule has 1 aromatic rings. The maximum absolute atomic E-state index is 12.6. The number of aromatic nitrogens is 2. The molecule has 1 amide bonds. The molecule has 0 unspecified atom stereocenters. The van der Waals surface area contributed by atoms with Gasteiger partial charge in [0.1, 0.15) is 0 Å². The summed E-state index contributed by atoms with van der Waals surface area (Å²) >= 11 is 0. The number of hydrogen-bond acceptors (Lipinski definition) is 3. The minimum atomic E-state index is 0. The minimum absolute atomic E-state index is 0. The summed E-state index contributed by atoms with van der Waals surface area (Å²) in [7, 11) is 0. The molecule has 2 N–H and O–H groups in total. The SMILES string of the molecule is CC(C)(C)CN1CCc2nn(C/C(=C/F)CN)cc2C1=O.Cl. The van der Waals surface area contributed by atoms with Gasteiger partial charge < -0.3 is 10.6 Å². The number of hydrogen-bond donors (Lipinski definition) is 1. The van der Waals surface area contributed by atoms with Gasteiger partial charge in [-0.3, -0.25) is 9.48 Å². The van der Waals surface area contributed by atoms with Crippen molar-refractivity contribution in [3.8, 4) is 0 Å². The van der Waals surface area contributed by atoms with E-state index in [0.29, 0.717) is 24.0 Å². The molecule has 1 aliphatic heterocycles. The van der Waals surface area contributed by atoms with Crippen molar-refractivity contribution in [2.45, 2.75) is 33.7 Å². The lowest BCUT2D eigenvalue weighted by atomic mass is 9.94. The number of nitrogens with zero attached hydrogens (tertiary/aromatic N) is 3. The van der Waals surface area contributed by atoms with Crippen molar-refractivity contribution < 1.29 is 9.18 Å². The third-order valence-electron chi connectivity index (χ3n) is 3.42. The first-order valence-electron chi connectivity index (χ1n) is 7.18. The Morgan fingerprint density at radius 3 is 2.73 bits per heavy atom. The summed E-state index contributed by atoms with van der Waals surface area (Å²) in [6.07, 6.45) is 2.95.